The molecule has 0 spiro atoms. The molecule has 0 saturated carbocycles. The van der Waals surface area contributed by atoms with Crippen molar-refractivity contribution in [3.8, 4) is 17.2 Å². The number of benzene rings is 3. The first kappa shape index (κ1) is 22.4. The minimum Gasteiger partial charge on any atom is -0.497 e. The van der Waals surface area contributed by atoms with Crippen molar-refractivity contribution < 1.29 is 27.0 Å². The molecule has 3 rings (SSSR count). The van der Waals surface area contributed by atoms with Gasteiger partial charge in [0.05, 0.1) is 38.0 Å². The summed E-state index contributed by atoms with van der Waals surface area (Å²) in [6.07, 6.45) is 0. The smallest absolute Gasteiger partial charge is 0.264 e. The van der Waals surface area contributed by atoms with E-state index in [1.807, 2.05) is 0 Å². The molecule has 3 aromatic rings. The highest BCUT2D eigenvalue weighted by molar-refractivity contribution is 7.92. The maximum Gasteiger partial charge on any atom is 0.264 e. The molecule has 0 heterocycles. The fraction of sp³-hybridized carbons (Fsp3) is 0.217. The van der Waals surface area contributed by atoms with Crippen LogP contribution in [0.25, 0.3) is 0 Å². The van der Waals surface area contributed by atoms with E-state index in [4.69, 9.17) is 14.2 Å². The highest BCUT2D eigenvalue weighted by Crippen LogP contribution is 2.38. The van der Waals surface area contributed by atoms with Crippen LogP contribution in [0.2, 0.25) is 0 Å². The number of sulfonamides is 1. The van der Waals surface area contributed by atoms with Crippen LogP contribution in [-0.2, 0) is 10.0 Å². The van der Waals surface area contributed by atoms with Gasteiger partial charge in [0, 0.05) is 5.56 Å². The second kappa shape index (κ2) is 9.26. The predicted octanol–water partition coefficient (Wildman–Crippen LogP) is 4.81. The average molecular weight is 446 g/mol. The molecule has 0 unspecified atom stereocenters. The molecule has 0 amide bonds. The van der Waals surface area contributed by atoms with E-state index in [-0.39, 0.29) is 4.90 Å². The Morgan fingerprint density at radius 3 is 1.94 bits per heavy atom. The van der Waals surface area contributed by atoms with Gasteiger partial charge in [-0.2, -0.15) is 0 Å². The first-order valence-corrected chi connectivity index (χ1v) is 10.9. The van der Waals surface area contributed by atoms with E-state index >= 15 is 0 Å². The van der Waals surface area contributed by atoms with Gasteiger partial charge in [-0.25, -0.2) is 12.8 Å². The van der Waals surface area contributed by atoms with Crippen LogP contribution in [0.3, 0.4) is 0 Å². The second-order valence-electron chi connectivity index (χ2n) is 6.74. The normalized spacial score (nSPS) is 12.2. The first-order chi connectivity index (χ1) is 14.8. The molecule has 1 atom stereocenters. The number of hydrogen-bond donors (Lipinski definition) is 0. The molecule has 0 radical (unpaired) electrons. The summed E-state index contributed by atoms with van der Waals surface area (Å²) in [7, 11) is 0.522. The van der Waals surface area contributed by atoms with E-state index in [9.17, 15) is 12.8 Å². The van der Waals surface area contributed by atoms with Gasteiger partial charge in [-0.15, -0.1) is 0 Å². The summed E-state index contributed by atoms with van der Waals surface area (Å²) in [5, 5.41) is 0. The number of nitrogens with zero attached hydrogens (tertiary/aromatic N) is 1. The number of hydrogen-bond acceptors (Lipinski definition) is 5. The Morgan fingerprint density at radius 1 is 0.806 bits per heavy atom. The van der Waals surface area contributed by atoms with E-state index in [0.717, 1.165) is 0 Å². The standard InChI is InChI=1S/C23H24FNO5S/c1-16(22-15-20(29-3)11-14-23(22)30-4)25(18-7-5-17(24)6-8-18)31(26,27)21-12-9-19(28-2)10-13-21/h5-16H,1-4H3/t16-/m0/s1. The fourth-order valence-corrected chi connectivity index (χ4v) is 4.95. The Balaban J connectivity index is 2.18. The van der Waals surface area contributed by atoms with Crippen LogP contribution >= 0.6 is 0 Å². The third kappa shape index (κ3) is 4.59. The van der Waals surface area contributed by atoms with E-state index < -0.39 is 21.9 Å². The number of anilines is 1. The van der Waals surface area contributed by atoms with Crippen molar-refractivity contribution in [1.29, 1.82) is 0 Å². The Morgan fingerprint density at radius 2 is 1.39 bits per heavy atom. The van der Waals surface area contributed by atoms with Crippen LogP contribution in [0, 0.1) is 5.82 Å². The number of rotatable bonds is 8. The molecule has 0 aromatic heterocycles. The SMILES string of the molecule is COc1ccc(S(=O)(=O)N(c2ccc(F)cc2)[C@@H](C)c2cc(OC)ccc2OC)cc1. The Kier molecular flexibility index (Phi) is 6.70. The van der Waals surface area contributed by atoms with Gasteiger partial charge in [0.25, 0.3) is 10.0 Å². The topological polar surface area (TPSA) is 65.1 Å². The van der Waals surface area contributed by atoms with Gasteiger partial charge < -0.3 is 14.2 Å². The third-order valence-corrected chi connectivity index (χ3v) is 6.85. The van der Waals surface area contributed by atoms with E-state index in [1.54, 1.807) is 37.3 Å². The fourth-order valence-electron chi connectivity index (χ4n) is 3.31. The summed E-state index contributed by atoms with van der Waals surface area (Å²) in [4.78, 5) is 0.0753. The van der Waals surface area contributed by atoms with Crippen molar-refractivity contribution in [1.82, 2.24) is 0 Å². The molecule has 0 bridgehead atoms. The van der Waals surface area contributed by atoms with E-state index in [0.29, 0.717) is 28.5 Å². The Labute approximate surface area is 181 Å². The van der Waals surface area contributed by atoms with Gasteiger partial charge in [-0.05, 0) is 73.7 Å². The monoisotopic (exact) mass is 445 g/mol. The van der Waals surface area contributed by atoms with Crippen molar-refractivity contribution >= 4 is 15.7 Å². The summed E-state index contributed by atoms with van der Waals surface area (Å²) in [5.41, 5.74) is 0.915. The maximum absolute atomic E-state index is 13.7. The molecule has 164 valence electrons. The van der Waals surface area contributed by atoms with Gasteiger partial charge in [-0.1, -0.05) is 0 Å². The maximum atomic E-state index is 13.7. The third-order valence-electron chi connectivity index (χ3n) is 4.94. The quantitative estimate of drug-likeness (QED) is 0.498. The van der Waals surface area contributed by atoms with Crippen LogP contribution in [0.15, 0.2) is 71.6 Å². The lowest BCUT2D eigenvalue weighted by Crippen LogP contribution is -2.34. The molecule has 3 aromatic carbocycles. The van der Waals surface area contributed by atoms with Crippen molar-refractivity contribution in [3.05, 3.63) is 78.1 Å². The molecule has 6 nitrogen and oxygen atoms in total. The lowest BCUT2D eigenvalue weighted by molar-refractivity contribution is 0.396. The van der Waals surface area contributed by atoms with Gasteiger partial charge >= 0.3 is 0 Å². The molecule has 0 fully saturated rings. The van der Waals surface area contributed by atoms with Crippen LogP contribution < -0.4 is 18.5 Å². The molecule has 0 N–H and O–H groups in total. The first-order valence-electron chi connectivity index (χ1n) is 9.47. The summed E-state index contributed by atoms with van der Waals surface area (Å²) in [5.74, 6) is 1.14. The zero-order chi connectivity index (χ0) is 22.6. The van der Waals surface area contributed by atoms with Crippen molar-refractivity contribution in [3.63, 3.8) is 0 Å². The van der Waals surface area contributed by atoms with Gasteiger partial charge in [0.2, 0.25) is 0 Å². The van der Waals surface area contributed by atoms with Gasteiger partial charge in [-0.3, -0.25) is 4.31 Å². The molecule has 0 aliphatic heterocycles. The zero-order valence-corrected chi connectivity index (χ0v) is 18.5. The van der Waals surface area contributed by atoms with E-state index in [1.165, 1.54) is 62.0 Å². The largest absolute Gasteiger partial charge is 0.497 e. The van der Waals surface area contributed by atoms with Crippen LogP contribution in [0.5, 0.6) is 17.2 Å². The minimum absolute atomic E-state index is 0.0753. The lowest BCUT2D eigenvalue weighted by Gasteiger charge is -2.32. The summed E-state index contributed by atoms with van der Waals surface area (Å²) in [6, 6.07) is 15.9. The van der Waals surface area contributed by atoms with Gasteiger partial charge in [0.15, 0.2) is 0 Å². The molecule has 0 saturated heterocycles. The number of ether oxygens (including phenoxy) is 3. The highest BCUT2D eigenvalue weighted by Gasteiger charge is 2.32. The van der Waals surface area contributed by atoms with Gasteiger partial charge in [0.1, 0.15) is 23.1 Å². The highest BCUT2D eigenvalue weighted by atomic mass is 32.2. The van der Waals surface area contributed by atoms with Crippen molar-refractivity contribution in [2.24, 2.45) is 0 Å². The Bertz CT molecular complexity index is 1130. The zero-order valence-electron chi connectivity index (χ0n) is 17.7. The van der Waals surface area contributed by atoms with E-state index in [2.05, 4.69) is 0 Å². The predicted molar refractivity (Wildman–Crippen MR) is 117 cm³/mol. The molecular formula is C23H24FNO5S. The average Bonchev–Trinajstić information content (AvgIpc) is 2.79. The second-order valence-corrected chi connectivity index (χ2v) is 8.55. The molecule has 31 heavy (non-hydrogen) atoms. The molecular weight excluding hydrogens is 421 g/mol. The number of methoxy groups -OCH3 is 3. The van der Waals surface area contributed by atoms with Crippen molar-refractivity contribution in [2.45, 2.75) is 17.9 Å². The van der Waals surface area contributed by atoms with Crippen molar-refractivity contribution in [2.75, 3.05) is 25.6 Å². The molecule has 0 aliphatic rings. The summed E-state index contributed by atoms with van der Waals surface area (Å²) < 4.78 is 58.1. The molecule has 0 aliphatic carbocycles. The Hall–Kier alpha value is -3.26. The minimum atomic E-state index is -4.02. The van der Waals surface area contributed by atoms with Crippen LogP contribution in [0.4, 0.5) is 10.1 Å². The lowest BCUT2D eigenvalue weighted by atomic mass is 10.1. The van der Waals surface area contributed by atoms with Crippen LogP contribution in [-0.4, -0.2) is 29.7 Å². The summed E-state index contributed by atoms with van der Waals surface area (Å²) in [6.45, 7) is 1.74. The molecule has 8 heteroatoms. The number of halogens is 1. The van der Waals surface area contributed by atoms with Crippen LogP contribution in [0.1, 0.15) is 18.5 Å². The summed E-state index contributed by atoms with van der Waals surface area (Å²) >= 11 is 0.